The molecule has 2 rings (SSSR count). The van der Waals surface area contributed by atoms with E-state index >= 15 is 0 Å². The maximum Gasteiger partial charge on any atom is 0.414 e. The fraction of sp³-hybridized carbons (Fsp3) is 0.556. The summed E-state index contributed by atoms with van der Waals surface area (Å²) in [6.07, 6.45) is 0. The SMILES string of the molecule is Cc1cc(OCCOCCN2CCNCC2)cc(C)c1Cl.O=C(O)C(=O)O. The molecule has 1 aliphatic rings. The van der Waals surface area contributed by atoms with E-state index in [9.17, 15) is 0 Å². The number of benzene rings is 1. The molecule has 0 aliphatic carbocycles. The van der Waals surface area contributed by atoms with E-state index < -0.39 is 11.9 Å². The molecule has 0 aromatic heterocycles. The van der Waals surface area contributed by atoms with Crippen LogP contribution in [-0.2, 0) is 14.3 Å². The van der Waals surface area contributed by atoms with Gasteiger partial charge < -0.3 is 25.0 Å². The van der Waals surface area contributed by atoms with Crippen LogP contribution in [0.2, 0.25) is 5.02 Å². The van der Waals surface area contributed by atoms with Gasteiger partial charge in [-0.1, -0.05) is 11.6 Å². The molecule has 1 fully saturated rings. The van der Waals surface area contributed by atoms with Crippen molar-refractivity contribution in [3.05, 3.63) is 28.3 Å². The van der Waals surface area contributed by atoms with Crippen molar-refractivity contribution in [2.45, 2.75) is 13.8 Å². The van der Waals surface area contributed by atoms with Gasteiger partial charge in [-0.3, -0.25) is 4.90 Å². The van der Waals surface area contributed by atoms with Crippen molar-refractivity contribution in [2.24, 2.45) is 0 Å². The number of aliphatic carboxylic acids is 2. The summed E-state index contributed by atoms with van der Waals surface area (Å²) in [6.45, 7) is 11.3. The van der Waals surface area contributed by atoms with Crippen LogP contribution in [0.3, 0.4) is 0 Å². The van der Waals surface area contributed by atoms with Gasteiger partial charge in [0.1, 0.15) is 12.4 Å². The Balaban J connectivity index is 0.000000527. The Kier molecular flexibility index (Phi) is 10.7. The Morgan fingerprint density at radius 1 is 1.07 bits per heavy atom. The summed E-state index contributed by atoms with van der Waals surface area (Å²) >= 11 is 6.14. The predicted octanol–water partition coefficient (Wildman–Crippen LogP) is 1.41. The van der Waals surface area contributed by atoms with Gasteiger partial charge in [-0.15, -0.1) is 0 Å². The Morgan fingerprint density at radius 3 is 2.15 bits per heavy atom. The first-order valence-electron chi connectivity index (χ1n) is 8.68. The molecule has 0 spiro atoms. The lowest BCUT2D eigenvalue weighted by atomic mass is 10.1. The molecule has 1 aromatic carbocycles. The topological polar surface area (TPSA) is 108 Å². The Bertz CT molecular complexity index is 585. The third kappa shape index (κ3) is 9.58. The normalized spacial score (nSPS) is 14.2. The Labute approximate surface area is 164 Å². The second-order valence-corrected chi connectivity index (χ2v) is 6.41. The molecule has 3 N–H and O–H groups in total. The van der Waals surface area contributed by atoms with Gasteiger partial charge in [-0.25, -0.2) is 9.59 Å². The summed E-state index contributed by atoms with van der Waals surface area (Å²) in [6, 6.07) is 3.94. The van der Waals surface area contributed by atoms with Crippen molar-refractivity contribution >= 4 is 23.5 Å². The Hall–Kier alpha value is -1.87. The van der Waals surface area contributed by atoms with E-state index in [4.69, 9.17) is 40.9 Å². The van der Waals surface area contributed by atoms with Crippen molar-refractivity contribution in [3.8, 4) is 5.75 Å². The molecule has 0 saturated carbocycles. The number of hydrogen-bond acceptors (Lipinski definition) is 6. The number of nitrogens with zero attached hydrogens (tertiary/aromatic N) is 1. The van der Waals surface area contributed by atoms with Crippen molar-refractivity contribution < 1.29 is 29.3 Å². The number of hydrogen-bond donors (Lipinski definition) is 3. The lowest BCUT2D eigenvalue weighted by Gasteiger charge is -2.26. The zero-order valence-corrected chi connectivity index (χ0v) is 16.4. The minimum Gasteiger partial charge on any atom is -0.491 e. The molecular formula is C18H27ClN2O6. The standard InChI is InChI=1S/C16H25ClN2O2.C2H2O4/c1-13-11-15(12-14(2)16(13)17)21-10-9-20-8-7-19-5-3-18-4-6-19;3-1(4)2(5)6/h11-12,18H,3-10H2,1-2H3;(H,3,4)(H,5,6). The van der Waals surface area contributed by atoms with Crippen LogP contribution in [0.4, 0.5) is 0 Å². The molecule has 1 aliphatic heterocycles. The zero-order chi connectivity index (χ0) is 20.2. The van der Waals surface area contributed by atoms with Crippen LogP contribution in [0, 0.1) is 13.8 Å². The van der Waals surface area contributed by atoms with E-state index in [1.54, 1.807) is 0 Å². The molecule has 27 heavy (non-hydrogen) atoms. The number of carboxylic acid groups (broad SMARTS) is 2. The first-order chi connectivity index (χ1) is 12.8. The molecule has 9 heteroatoms. The van der Waals surface area contributed by atoms with Crippen molar-refractivity contribution in [1.82, 2.24) is 10.2 Å². The lowest BCUT2D eigenvalue weighted by molar-refractivity contribution is -0.159. The fourth-order valence-corrected chi connectivity index (χ4v) is 2.55. The van der Waals surface area contributed by atoms with Gasteiger partial charge in [0.2, 0.25) is 0 Å². The van der Waals surface area contributed by atoms with E-state index in [2.05, 4.69) is 10.2 Å². The summed E-state index contributed by atoms with van der Waals surface area (Å²) in [5, 5.41) is 18.9. The van der Waals surface area contributed by atoms with E-state index in [-0.39, 0.29) is 0 Å². The maximum absolute atomic E-state index is 9.10. The molecular weight excluding hydrogens is 376 g/mol. The number of carboxylic acids is 2. The number of ether oxygens (including phenoxy) is 2. The van der Waals surface area contributed by atoms with Crippen LogP contribution >= 0.6 is 11.6 Å². The third-order valence-electron chi connectivity index (χ3n) is 3.85. The summed E-state index contributed by atoms with van der Waals surface area (Å²) in [5.74, 6) is -2.79. The van der Waals surface area contributed by atoms with Gasteiger partial charge >= 0.3 is 11.9 Å². The lowest BCUT2D eigenvalue weighted by Crippen LogP contribution is -2.44. The van der Waals surface area contributed by atoms with Gasteiger partial charge in [-0.2, -0.15) is 0 Å². The Morgan fingerprint density at radius 2 is 1.63 bits per heavy atom. The largest absolute Gasteiger partial charge is 0.491 e. The number of nitrogens with one attached hydrogen (secondary N) is 1. The molecule has 1 aromatic rings. The van der Waals surface area contributed by atoms with Crippen LogP contribution in [0.15, 0.2) is 12.1 Å². The minimum atomic E-state index is -1.82. The minimum absolute atomic E-state index is 0.571. The molecule has 1 heterocycles. The second-order valence-electron chi connectivity index (χ2n) is 6.03. The number of piperazine rings is 1. The van der Waals surface area contributed by atoms with Gasteiger partial charge in [0, 0.05) is 37.7 Å². The van der Waals surface area contributed by atoms with Gasteiger partial charge in [0.25, 0.3) is 0 Å². The highest BCUT2D eigenvalue weighted by atomic mass is 35.5. The van der Waals surface area contributed by atoms with E-state index in [0.717, 1.165) is 61.2 Å². The molecule has 0 bridgehead atoms. The average Bonchev–Trinajstić information content (AvgIpc) is 2.63. The maximum atomic E-state index is 9.10. The highest BCUT2D eigenvalue weighted by molar-refractivity contribution is 6.32. The van der Waals surface area contributed by atoms with Crippen LogP contribution in [0.1, 0.15) is 11.1 Å². The quantitative estimate of drug-likeness (QED) is 0.464. The summed E-state index contributed by atoms with van der Waals surface area (Å²) in [7, 11) is 0. The van der Waals surface area contributed by atoms with Crippen LogP contribution in [-0.4, -0.2) is 79.6 Å². The second kappa shape index (κ2) is 12.5. The van der Waals surface area contributed by atoms with E-state index in [0.29, 0.717) is 13.2 Å². The smallest absolute Gasteiger partial charge is 0.414 e. The van der Waals surface area contributed by atoms with Gasteiger partial charge in [0.05, 0.1) is 13.2 Å². The summed E-state index contributed by atoms with van der Waals surface area (Å²) < 4.78 is 11.3. The number of carbonyl (C=O) groups is 2. The monoisotopic (exact) mass is 402 g/mol. The van der Waals surface area contributed by atoms with Crippen molar-refractivity contribution in [2.75, 3.05) is 52.5 Å². The van der Waals surface area contributed by atoms with Crippen LogP contribution < -0.4 is 10.1 Å². The number of rotatable bonds is 7. The summed E-state index contributed by atoms with van der Waals surface area (Å²) in [5.41, 5.74) is 2.09. The molecule has 0 radical (unpaired) electrons. The first-order valence-corrected chi connectivity index (χ1v) is 9.05. The summed E-state index contributed by atoms with van der Waals surface area (Å²) in [4.78, 5) is 20.6. The van der Waals surface area contributed by atoms with Gasteiger partial charge in [0.15, 0.2) is 0 Å². The molecule has 1 saturated heterocycles. The third-order valence-corrected chi connectivity index (χ3v) is 4.45. The average molecular weight is 403 g/mol. The fourth-order valence-electron chi connectivity index (χ4n) is 2.44. The van der Waals surface area contributed by atoms with Crippen LogP contribution in [0.25, 0.3) is 0 Å². The van der Waals surface area contributed by atoms with Crippen molar-refractivity contribution in [3.63, 3.8) is 0 Å². The van der Waals surface area contributed by atoms with E-state index in [1.807, 2.05) is 26.0 Å². The highest BCUT2D eigenvalue weighted by Gasteiger charge is 2.08. The van der Waals surface area contributed by atoms with Crippen LogP contribution in [0.5, 0.6) is 5.75 Å². The number of halogens is 1. The highest BCUT2D eigenvalue weighted by Crippen LogP contribution is 2.25. The zero-order valence-electron chi connectivity index (χ0n) is 15.7. The molecule has 0 unspecified atom stereocenters. The molecule has 8 nitrogen and oxygen atoms in total. The molecule has 0 atom stereocenters. The van der Waals surface area contributed by atoms with Crippen molar-refractivity contribution in [1.29, 1.82) is 0 Å². The van der Waals surface area contributed by atoms with E-state index in [1.165, 1.54) is 0 Å². The number of aryl methyl sites for hydroxylation is 2. The molecule has 0 amide bonds. The first kappa shape index (κ1) is 23.2. The van der Waals surface area contributed by atoms with Gasteiger partial charge in [-0.05, 0) is 37.1 Å². The predicted molar refractivity (Wildman–Crippen MR) is 102 cm³/mol. The molecule has 152 valence electrons.